The van der Waals surface area contributed by atoms with Gasteiger partial charge in [0.1, 0.15) is 0 Å². The van der Waals surface area contributed by atoms with Gasteiger partial charge < -0.3 is 21.3 Å². The van der Waals surface area contributed by atoms with E-state index >= 15 is 0 Å². The van der Waals surface area contributed by atoms with Crippen molar-refractivity contribution in [1.29, 1.82) is 0 Å². The van der Waals surface area contributed by atoms with Crippen molar-refractivity contribution >= 4 is 5.91 Å². The van der Waals surface area contributed by atoms with E-state index in [4.69, 9.17) is 5.73 Å². The molecule has 5 heteroatoms. The van der Waals surface area contributed by atoms with Crippen LogP contribution >= 0.6 is 0 Å². The summed E-state index contributed by atoms with van der Waals surface area (Å²) in [5.74, 6) is -1.07. The van der Waals surface area contributed by atoms with Gasteiger partial charge in [-0.25, -0.2) is 0 Å². The Morgan fingerprint density at radius 1 is 1.41 bits per heavy atom. The molecular formula is C12H16N2O3. The lowest BCUT2D eigenvalue weighted by molar-refractivity contribution is 0.0942. The van der Waals surface area contributed by atoms with Gasteiger partial charge in [-0.05, 0) is 31.5 Å². The molecule has 5 nitrogen and oxygen atoms in total. The lowest BCUT2D eigenvalue weighted by Crippen LogP contribution is -2.33. The van der Waals surface area contributed by atoms with E-state index in [1.807, 2.05) is 0 Å². The van der Waals surface area contributed by atoms with Crippen LogP contribution in [0.5, 0.6) is 11.5 Å². The Morgan fingerprint density at radius 2 is 2.12 bits per heavy atom. The first-order valence-electron chi connectivity index (χ1n) is 5.57. The quantitative estimate of drug-likeness (QED) is 0.575. The second kappa shape index (κ2) is 4.25. The van der Waals surface area contributed by atoms with Crippen molar-refractivity contribution in [2.45, 2.75) is 12.8 Å². The second-order valence-electron chi connectivity index (χ2n) is 4.56. The normalized spacial score (nSPS) is 16.5. The van der Waals surface area contributed by atoms with Crippen molar-refractivity contribution in [3.63, 3.8) is 0 Å². The van der Waals surface area contributed by atoms with Crippen LogP contribution < -0.4 is 11.1 Å². The van der Waals surface area contributed by atoms with Crippen molar-refractivity contribution in [1.82, 2.24) is 5.32 Å². The molecule has 0 bridgehead atoms. The summed E-state index contributed by atoms with van der Waals surface area (Å²) in [6.07, 6.45) is 2.05. The predicted octanol–water partition coefficient (Wildman–Crippen LogP) is 0.566. The smallest absolute Gasteiger partial charge is 0.255 e. The van der Waals surface area contributed by atoms with Crippen molar-refractivity contribution in [2.24, 2.45) is 11.1 Å². The highest BCUT2D eigenvalue weighted by Crippen LogP contribution is 2.43. The third-order valence-corrected chi connectivity index (χ3v) is 3.27. The van der Waals surface area contributed by atoms with Gasteiger partial charge >= 0.3 is 0 Å². The molecule has 1 aliphatic carbocycles. The largest absolute Gasteiger partial charge is 0.504 e. The topological polar surface area (TPSA) is 95.6 Å². The summed E-state index contributed by atoms with van der Waals surface area (Å²) in [7, 11) is 0. The molecule has 0 radical (unpaired) electrons. The number of phenols is 2. The molecule has 0 spiro atoms. The zero-order valence-corrected chi connectivity index (χ0v) is 9.44. The van der Waals surface area contributed by atoms with Crippen molar-refractivity contribution < 1.29 is 15.0 Å². The van der Waals surface area contributed by atoms with E-state index in [-0.39, 0.29) is 22.5 Å². The molecular weight excluding hydrogens is 220 g/mol. The number of para-hydroxylation sites is 1. The Kier molecular flexibility index (Phi) is 2.93. The van der Waals surface area contributed by atoms with Crippen LogP contribution in [0.4, 0.5) is 0 Å². The number of nitrogens with one attached hydrogen (secondary N) is 1. The number of hydrogen-bond acceptors (Lipinski definition) is 4. The molecule has 1 fully saturated rings. The molecule has 0 heterocycles. The van der Waals surface area contributed by atoms with E-state index in [9.17, 15) is 15.0 Å². The highest BCUT2D eigenvalue weighted by Gasteiger charge is 2.41. The Bertz CT molecular complexity index is 441. The van der Waals surface area contributed by atoms with E-state index in [0.29, 0.717) is 13.1 Å². The van der Waals surface area contributed by atoms with Gasteiger partial charge in [-0.2, -0.15) is 0 Å². The maximum absolute atomic E-state index is 11.8. The summed E-state index contributed by atoms with van der Waals surface area (Å²) < 4.78 is 0. The average Bonchev–Trinajstić information content (AvgIpc) is 3.10. The van der Waals surface area contributed by atoms with E-state index < -0.39 is 5.91 Å². The zero-order chi connectivity index (χ0) is 12.5. The number of hydrogen-bond donors (Lipinski definition) is 4. The molecule has 0 aliphatic heterocycles. The monoisotopic (exact) mass is 236 g/mol. The van der Waals surface area contributed by atoms with Crippen LogP contribution in [0.1, 0.15) is 23.2 Å². The number of aromatic hydroxyl groups is 2. The third-order valence-electron chi connectivity index (χ3n) is 3.27. The molecule has 0 saturated heterocycles. The molecule has 1 amide bonds. The fraction of sp³-hybridized carbons (Fsp3) is 0.417. The van der Waals surface area contributed by atoms with Crippen LogP contribution in [0, 0.1) is 5.41 Å². The van der Waals surface area contributed by atoms with Gasteiger partial charge in [-0.3, -0.25) is 4.79 Å². The van der Waals surface area contributed by atoms with Crippen molar-refractivity contribution in [3.05, 3.63) is 23.8 Å². The molecule has 1 saturated carbocycles. The minimum Gasteiger partial charge on any atom is -0.504 e. The summed E-state index contributed by atoms with van der Waals surface area (Å²) in [6, 6.07) is 4.31. The maximum atomic E-state index is 11.8. The molecule has 1 aromatic rings. The molecule has 0 atom stereocenters. The molecule has 5 N–H and O–H groups in total. The average molecular weight is 236 g/mol. The summed E-state index contributed by atoms with van der Waals surface area (Å²) in [5.41, 5.74) is 5.73. The van der Waals surface area contributed by atoms with E-state index in [0.717, 1.165) is 12.8 Å². The van der Waals surface area contributed by atoms with Crippen LogP contribution in [-0.4, -0.2) is 29.2 Å². The van der Waals surface area contributed by atoms with Crippen molar-refractivity contribution in [3.8, 4) is 11.5 Å². The first-order chi connectivity index (χ1) is 8.08. The molecule has 1 aliphatic rings. The molecule has 92 valence electrons. The van der Waals surface area contributed by atoms with Gasteiger partial charge in [0.15, 0.2) is 11.5 Å². The zero-order valence-electron chi connectivity index (χ0n) is 9.44. The highest BCUT2D eigenvalue weighted by atomic mass is 16.3. The number of rotatable bonds is 4. The van der Waals surface area contributed by atoms with E-state index in [1.165, 1.54) is 18.2 Å². The minimum absolute atomic E-state index is 0.0438. The molecule has 2 rings (SSSR count). The first kappa shape index (κ1) is 11.7. The number of benzene rings is 1. The number of phenolic OH excluding ortho intramolecular Hbond substituents is 2. The molecule has 1 aromatic carbocycles. The fourth-order valence-corrected chi connectivity index (χ4v) is 1.71. The summed E-state index contributed by atoms with van der Waals surface area (Å²) in [4.78, 5) is 11.8. The van der Waals surface area contributed by atoms with Crippen LogP contribution in [-0.2, 0) is 0 Å². The number of carbonyl (C=O) groups is 1. The minimum atomic E-state index is -0.391. The van der Waals surface area contributed by atoms with Gasteiger partial charge in [-0.15, -0.1) is 0 Å². The number of carbonyl (C=O) groups excluding carboxylic acids is 1. The fourth-order valence-electron chi connectivity index (χ4n) is 1.71. The molecule has 0 unspecified atom stereocenters. The van der Waals surface area contributed by atoms with Crippen LogP contribution in [0.2, 0.25) is 0 Å². The Hall–Kier alpha value is -1.75. The van der Waals surface area contributed by atoms with Gasteiger partial charge in [0.25, 0.3) is 5.91 Å². The second-order valence-corrected chi connectivity index (χ2v) is 4.56. The SMILES string of the molecule is NCC1(CNC(=O)c2cccc(O)c2O)CC1. The van der Waals surface area contributed by atoms with Crippen LogP contribution in [0.3, 0.4) is 0 Å². The van der Waals surface area contributed by atoms with Crippen LogP contribution in [0.15, 0.2) is 18.2 Å². The highest BCUT2D eigenvalue weighted by molar-refractivity contribution is 5.97. The molecule has 0 aromatic heterocycles. The number of amides is 1. The van der Waals surface area contributed by atoms with E-state index in [1.54, 1.807) is 0 Å². The maximum Gasteiger partial charge on any atom is 0.255 e. The lowest BCUT2D eigenvalue weighted by atomic mass is 10.1. The first-order valence-corrected chi connectivity index (χ1v) is 5.57. The number of nitrogens with two attached hydrogens (primary N) is 1. The summed E-state index contributed by atoms with van der Waals surface area (Å²) >= 11 is 0. The van der Waals surface area contributed by atoms with Crippen molar-refractivity contribution in [2.75, 3.05) is 13.1 Å². The lowest BCUT2D eigenvalue weighted by Gasteiger charge is -2.13. The Labute approximate surface area is 99.3 Å². The molecule has 17 heavy (non-hydrogen) atoms. The van der Waals surface area contributed by atoms with Crippen LogP contribution in [0.25, 0.3) is 0 Å². The standard InChI is InChI=1S/C12H16N2O3/c13-6-12(4-5-12)7-14-11(17)8-2-1-3-9(15)10(8)16/h1-3,15-16H,4-7,13H2,(H,14,17). The predicted molar refractivity (Wildman–Crippen MR) is 62.8 cm³/mol. The van der Waals surface area contributed by atoms with Gasteiger partial charge in [-0.1, -0.05) is 6.07 Å². The third kappa shape index (κ3) is 2.34. The van der Waals surface area contributed by atoms with Gasteiger partial charge in [0.05, 0.1) is 5.56 Å². The summed E-state index contributed by atoms with van der Waals surface area (Å²) in [6.45, 7) is 1.07. The Morgan fingerprint density at radius 3 is 2.71 bits per heavy atom. The summed E-state index contributed by atoms with van der Waals surface area (Å²) in [5, 5.41) is 21.6. The Balaban J connectivity index is 2.02. The van der Waals surface area contributed by atoms with Gasteiger partial charge in [0.2, 0.25) is 0 Å². The van der Waals surface area contributed by atoms with Gasteiger partial charge in [0, 0.05) is 12.0 Å². The van der Waals surface area contributed by atoms with E-state index in [2.05, 4.69) is 5.32 Å².